The zero-order valence-corrected chi connectivity index (χ0v) is 9.56. The Morgan fingerprint density at radius 1 is 1.44 bits per heavy atom. The molecule has 1 aliphatic carbocycles. The molecule has 1 fully saturated rings. The number of hydrogen-bond donors (Lipinski definition) is 1. The normalized spacial score (nSPS) is 29.3. The van der Waals surface area contributed by atoms with Crippen LogP contribution in [0.3, 0.4) is 0 Å². The van der Waals surface area contributed by atoms with E-state index in [-0.39, 0.29) is 6.10 Å². The third-order valence-electron chi connectivity index (χ3n) is 3.84. The largest absolute Gasteiger partial charge is 0.388 e. The Balaban J connectivity index is 1.79. The van der Waals surface area contributed by atoms with Gasteiger partial charge in [-0.05, 0) is 31.7 Å². The fourth-order valence-electron chi connectivity index (χ4n) is 2.91. The van der Waals surface area contributed by atoms with E-state index in [9.17, 15) is 5.11 Å². The Morgan fingerprint density at radius 2 is 2.38 bits per heavy atom. The van der Waals surface area contributed by atoms with Gasteiger partial charge in [-0.2, -0.15) is 0 Å². The lowest BCUT2D eigenvalue weighted by Gasteiger charge is -2.21. The molecule has 1 N–H and O–H groups in total. The molecule has 16 heavy (non-hydrogen) atoms. The predicted molar refractivity (Wildman–Crippen MR) is 61.3 cm³/mol. The minimum absolute atomic E-state index is 0.232. The molecule has 1 aromatic rings. The van der Waals surface area contributed by atoms with Crippen molar-refractivity contribution in [3.63, 3.8) is 0 Å². The van der Waals surface area contributed by atoms with E-state index in [1.165, 1.54) is 12.1 Å². The fourth-order valence-corrected chi connectivity index (χ4v) is 2.91. The van der Waals surface area contributed by atoms with Crippen molar-refractivity contribution >= 4 is 0 Å². The second-order valence-electron chi connectivity index (χ2n) is 5.01. The minimum Gasteiger partial charge on any atom is -0.388 e. The molecular weight excluding hydrogens is 202 g/mol. The van der Waals surface area contributed by atoms with Crippen molar-refractivity contribution in [2.45, 2.75) is 38.3 Å². The van der Waals surface area contributed by atoms with Gasteiger partial charge in [0.25, 0.3) is 0 Å². The molecule has 1 aromatic heterocycles. The summed E-state index contributed by atoms with van der Waals surface area (Å²) in [6.45, 7) is 2.87. The Bertz CT molecular complexity index is 366. The summed E-state index contributed by atoms with van der Waals surface area (Å²) in [5.74, 6) is 0.663. The zero-order chi connectivity index (χ0) is 11.0. The molecule has 0 radical (unpaired) electrons. The molecule has 1 aliphatic heterocycles. The van der Waals surface area contributed by atoms with E-state index in [0.29, 0.717) is 5.92 Å². The summed E-state index contributed by atoms with van der Waals surface area (Å²) in [7, 11) is 0. The highest BCUT2D eigenvalue weighted by molar-refractivity contribution is 5.27. The average molecular weight is 221 g/mol. The van der Waals surface area contributed by atoms with Crippen molar-refractivity contribution in [1.82, 2.24) is 4.57 Å². The van der Waals surface area contributed by atoms with E-state index in [4.69, 9.17) is 4.74 Å². The lowest BCUT2D eigenvalue weighted by molar-refractivity contribution is 0.155. The van der Waals surface area contributed by atoms with E-state index in [1.807, 2.05) is 0 Å². The van der Waals surface area contributed by atoms with Gasteiger partial charge in [0, 0.05) is 36.5 Å². The quantitative estimate of drug-likeness (QED) is 0.827. The third kappa shape index (κ3) is 1.78. The van der Waals surface area contributed by atoms with Crippen LogP contribution in [0.25, 0.3) is 0 Å². The van der Waals surface area contributed by atoms with Crippen LogP contribution < -0.4 is 0 Å². The highest BCUT2D eigenvalue weighted by atomic mass is 16.5. The summed E-state index contributed by atoms with van der Waals surface area (Å²) in [4.78, 5) is 0. The molecule has 2 atom stereocenters. The number of aliphatic hydroxyl groups excluding tert-OH is 1. The van der Waals surface area contributed by atoms with Crippen molar-refractivity contribution in [1.29, 1.82) is 0 Å². The number of fused-ring (bicyclic) bond motifs is 1. The second kappa shape index (κ2) is 4.22. The molecule has 2 heterocycles. The van der Waals surface area contributed by atoms with Crippen molar-refractivity contribution in [3.8, 4) is 0 Å². The van der Waals surface area contributed by atoms with Crippen molar-refractivity contribution in [2.24, 2.45) is 5.92 Å². The number of nitrogens with zero attached hydrogens (tertiary/aromatic N) is 1. The number of hydrogen-bond acceptors (Lipinski definition) is 2. The molecule has 2 aliphatic rings. The van der Waals surface area contributed by atoms with Crippen LogP contribution in [0.2, 0.25) is 0 Å². The van der Waals surface area contributed by atoms with Gasteiger partial charge in [0.1, 0.15) is 0 Å². The molecule has 88 valence electrons. The van der Waals surface area contributed by atoms with E-state index >= 15 is 0 Å². The third-order valence-corrected chi connectivity index (χ3v) is 3.84. The van der Waals surface area contributed by atoms with Crippen LogP contribution >= 0.6 is 0 Å². The Kier molecular flexibility index (Phi) is 2.74. The van der Waals surface area contributed by atoms with E-state index in [0.717, 1.165) is 44.6 Å². The van der Waals surface area contributed by atoms with Gasteiger partial charge in [0.2, 0.25) is 0 Å². The standard InChI is InChI=1S/C13H19NO2/c15-13-3-1-2-12-11(13)4-6-14(12)8-10-5-7-16-9-10/h4,6,10,13,15H,1-3,5,7-9H2. The zero-order valence-electron chi connectivity index (χ0n) is 9.56. The molecule has 0 spiro atoms. The maximum absolute atomic E-state index is 9.90. The number of aliphatic hydroxyl groups is 1. The van der Waals surface area contributed by atoms with Crippen molar-refractivity contribution in [3.05, 3.63) is 23.5 Å². The number of aromatic nitrogens is 1. The number of rotatable bonds is 2. The Labute approximate surface area is 96.0 Å². The highest BCUT2D eigenvalue weighted by Crippen LogP contribution is 2.31. The van der Waals surface area contributed by atoms with E-state index < -0.39 is 0 Å². The maximum Gasteiger partial charge on any atom is 0.0807 e. The maximum atomic E-state index is 9.90. The topological polar surface area (TPSA) is 34.4 Å². The van der Waals surface area contributed by atoms with Gasteiger partial charge in [-0.3, -0.25) is 0 Å². The molecule has 3 heteroatoms. The van der Waals surface area contributed by atoms with Crippen LogP contribution in [0.15, 0.2) is 12.3 Å². The van der Waals surface area contributed by atoms with Gasteiger partial charge in [-0.15, -0.1) is 0 Å². The average Bonchev–Trinajstić information content (AvgIpc) is 2.90. The van der Waals surface area contributed by atoms with E-state index in [2.05, 4.69) is 16.8 Å². The first-order valence-corrected chi connectivity index (χ1v) is 6.28. The first-order valence-electron chi connectivity index (χ1n) is 6.28. The number of ether oxygens (including phenoxy) is 1. The first-order chi connectivity index (χ1) is 7.84. The van der Waals surface area contributed by atoms with Crippen LogP contribution in [-0.2, 0) is 17.7 Å². The lowest BCUT2D eigenvalue weighted by atomic mass is 9.95. The smallest absolute Gasteiger partial charge is 0.0807 e. The summed E-state index contributed by atoms with van der Waals surface area (Å²) >= 11 is 0. The van der Waals surface area contributed by atoms with Crippen LogP contribution in [0.4, 0.5) is 0 Å². The molecular formula is C13H19NO2. The van der Waals surface area contributed by atoms with E-state index in [1.54, 1.807) is 0 Å². The lowest BCUT2D eigenvalue weighted by Crippen LogP contribution is -2.16. The van der Waals surface area contributed by atoms with Crippen molar-refractivity contribution in [2.75, 3.05) is 13.2 Å². The van der Waals surface area contributed by atoms with Crippen LogP contribution in [-0.4, -0.2) is 22.9 Å². The molecule has 3 rings (SSSR count). The summed E-state index contributed by atoms with van der Waals surface area (Å²) < 4.78 is 7.74. The molecule has 0 aromatic carbocycles. The van der Waals surface area contributed by atoms with Crippen molar-refractivity contribution < 1.29 is 9.84 Å². The Morgan fingerprint density at radius 3 is 3.19 bits per heavy atom. The highest BCUT2D eigenvalue weighted by Gasteiger charge is 2.23. The second-order valence-corrected chi connectivity index (χ2v) is 5.01. The summed E-state index contributed by atoms with van der Waals surface area (Å²) in [5.41, 5.74) is 2.51. The van der Waals surface area contributed by atoms with Crippen LogP contribution in [0, 0.1) is 5.92 Å². The summed E-state index contributed by atoms with van der Waals surface area (Å²) in [5, 5.41) is 9.90. The minimum atomic E-state index is -0.232. The van der Waals surface area contributed by atoms with Crippen LogP contribution in [0.1, 0.15) is 36.6 Å². The molecule has 3 nitrogen and oxygen atoms in total. The molecule has 1 saturated heterocycles. The predicted octanol–water partition coefficient (Wildman–Crippen LogP) is 1.89. The van der Waals surface area contributed by atoms with Gasteiger partial charge in [0.05, 0.1) is 12.7 Å². The first kappa shape index (κ1) is 10.4. The van der Waals surface area contributed by atoms with Gasteiger partial charge in [-0.1, -0.05) is 0 Å². The summed E-state index contributed by atoms with van der Waals surface area (Å²) in [6.07, 6.45) is 6.23. The molecule has 2 unspecified atom stereocenters. The van der Waals surface area contributed by atoms with Gasteiger partial charge in [0.15, 0.2) is 0 Å². The summed E-state index contributed by atoms with van der Waals surface area (Å²) in [6, 6.07) is 2.09. The fraction of sp³-hybridized carbons (Fsp3) is 0.692. The monoisotopic (exact) mass is 221 g/mol. The van der Waals surface area contributed by atoms with Gasteiger partial charge < -0.3 is 14.4 Å². The van der Waals surface area contributed by atoms with Gasteiger partial charge >= 0.3 is 0 Å². The molecule has 0 amide bonds. The molecule has 0 bridgehead atoms. The Hall–Kier alpha value is -0.800. The molecule has 0 saturated carbocycles. The van der Waals surface area contributed by atoms with Crippen LogP contribution in [0.5, 0.6) is 0 Å². The van der Waals surface area contributed by atoms with Gasteiger partial charge in [-0.25, -0.2) is 0 Å². The SMILES string of the molecule is OC1CCCc2c1ccn2CC1CCOC1.